The van der Waals surface area contributed by atoms with E-state index in [-0.39, 0.29) is 12.0 Å². The summed E-state index contributed by atoms with van der Waals surface area (Å²) in [6.45, 7) is 12.0. The van der Waals surface area contributed by atoms with E-state index in [1.165, 1.54) is 30.4 Å². The average molecular weight is 437 g/mol. The Labute approximate surface area is 193 Å². The molecule has 1 saturated carbocycles. The van der Waals surface area contributed by atoms with E-state index in [1.54, 1.807) is 0 Å². The maximum atomic E-state index is 13.5. The van der Waals surface area contributed by atoms with Gasteiger partial charge in [0.2, 0.25) is 0 Å². The lowest BCUT2D eigenvalue weighted by molar-refractivity contribution is -0.124. The molecule has 1 aliphatic carbocycles. The van der Waals surface area contributed by atoms with Gasteiger partial charge in [-0.05, 0) is 75.5 Å². The Morgan fingerprint density at radius 3 is 2.62 bits per heavy atom. The van der Waals surface area contributed by atoms with Crippen LogP contribution in [0.5, 0.6) is 0 Å². The van der Waals surface area contributed by atoms with Crippen molar-refractivity contribution < 1.29 is 4.79 Å². The quantitative estimate of drug-likeness (QED) is 0.598. The standard InChI is InChI=1S/C27H40N4O/c1-18-10-11-20(19(2)16-18)17-23(32)22-8-7-15-28-25(22)26-30-29-24(31(26)21-12-13-21)9-6-14-27(3,4)5/h10-11,16,21-22,25,28H,6-9,12-15,17H2,1-5H3/t22-,25+/m1/s1. The SMILES string of the molecule is Cc1ccc(CC(=O)[C@H]2CCCN[C@@H]2c2nnc(CCCC(C)(C)C)n2C2CC2)c(C)c1. The molecule has 2 fully saturated rings. The van der Waals surface area contributed by atoms with Crippen LogP contribution < -0.4 is 5.32 Å². The van der Waals surface area contributed by atoms with Gasteiger partial charge in [-0.25, -0.2) is 0 Å². The molecule has 1 saturated heterocycles. The summed E-state index contributed by atoms with van der Waals surface area (Å²) < 4.78 is 2.39. The number of ketones is 1. The van der Waals surface area contributed by atoms with E-state index in [1.807, 2.05) is 0 Å². The van der Waals surface area contributed by atoms with Gasteiger partial charge < -0.3 is 9.88 Å². The number of carbonyl (C=O) groups is 1. The summed E-state index contributed by atoms with van der Waals surface area (Å²) in [7, 11) is 0. The highest BCUT2D eigenvalue weighted by atomic mass is 16.1. The monoisotopic (exact) mass is 436 g/mol. The molecule has 4 rings (SSSR count). The Kier molecular flexibility index (Phi) is 6.85. The lowest BCUT2D eigenvalue weighted by Gasteiger charge is -2.31. The number of hydrogen-bond acceptors (Lipinski definition) is 4. The molecule has 1 N–H and O–H groups in total. The predicted molar refractivity (Wildman–Crippen MR) is 129 cm³/mol. The summed E-state index contributed by atoms with van der Waals surface area (Å²) in [6.07, 6.45) is 8.14. The molecular weight excluding hydrogens is 396 g/mol. The van der Waals surface area contributed by atoms with Crippen LogP contribution in [0.2, 0.25) is 0 Å². The van der Waals surface area contributed by atoms with Gasteiger partial charge in [-0.2, -0.15) is 0 Å². The molecule has 0 unspecified atom stereocenters. The van der Waals surface area contributed by atoms with Gasteiger partial charge in [0, 0.05) is 24.8 Å². The van der Waals surface area contributed by atoms with Crippen molar-refractivity contribution in [2.45, 2.75) is 98.1 Å². The van der Waals surface area contributed by atoms with E-state index in [9.17, 15) is 4.79 Å². The summed E-state index contributed by atoms with van der Waals surface area (Å²) in [5.41, 5.74) is 3.94. The van der Waals surface area contributed by atoms with Crippen LogP contribution in [-0.4, -0.2) is 27.1 Å². The highest BCUT2D eigenvalue weighted by molar-refractivity contribution is 5.84. The number of benzene rings is 1. The van der Waals surface area contributed by atoms with Crippen molar-refractivity contribution in [3.8, 4) is 0 Å². The first kappa shape index (κ1) is 23.2. The van der Waals surface area contributed by atoms with E-state index >= 15 is 0 Å². The molecular formula is C27H40N4O. The van der Waals surface area contributed by atoms with Crippen LogP contribution in [0.4, 0.5) is 0 Å². The molecule has 0 radical (unpaired) electrons. The van der Waals surface area contributed by atoms with Crippen LogP contribution >= 0.6 is 0 Å². The second-order valence-electron chi connectivity index (χ2n) is 11.2. The molecule has 0 spiro atoms. The number of rotatable bonds is 8. The van der Waals surface area contributed by atoms with Crippen LogP contribution in [0.3, 0.4) is 0 Å². The molecule has 2 heterocycles. The second kappa shape index (κ2) is 9.46. The summed E-state index contributed by atoms with van der Waals surface area (Å²) in [5, 5.41) is 13.0. The van der Waals surface area contributed by atoms with Crippen LogP contribution in [0.25, 0.3) is 0 Å². The van der Waals surface area contributed by atoms with Crippen LogP contribution in [0.15, 0.2) is 18.2 Å². The van der Waals surface area contributed by atoms with Crippen molar-refractivity contribution in [2.75, 3.05) is 6.54 Å². The number of carbonyl (C=O) groups excluding carboxylic acids is 1. The Morgan fingerprint density at radius 2 is 1.94 bits per heavy atom. The smallest absolute Gasteiger partial charge is 0.151 e. The fourth-order valence-corrected chi connectivity index (χ4v) is 5.10. The van der Waals surface area contributed by atoms with Gasteiger partial charge in [0.25, 0.3) is 0 Å². The summed E-state index contributed by atoms with van der Waals surface area (Å²) in [6, 6.07) is 6.90. The molecule has 0 amide bonds. The zero-order chi connectivity index (χ0) is 22.9. The van der Waals surface area contributed by atoms with E-state index in [0.29, 0.717) is 23.7 Å². The molecule has 32 heavy (non-hydrogen) atoms. The zero-order valence-corrected chi connectivity index (χ0v) is 20.6. The third-order valence-corrected chi connectivity index (χ3v) is 7.05. The van der Waals surface area contributed by atoms with Crippen molar-refractivity contribution >= 4 is 5.78 Å². The minimum atomic E-state index is -0.0337. The third-order valence-electron chi connectivity index (χ3n) is 7.05. The van der Waals surface area contributed by atoms with Gasteiger partial charge >= 0.3 is 0 Å². The van der Waals surface area contributed by atoms with Crippen molar-refractivity contribution in [3.63, 3.8) is 0 Å². The largest absolute Gasteiger partial charge is 0.311 e. The van der Waals surface area contributed by atoms with Crippen molar-refractivity contribution in [2.24, 2.45) is 11.3 Å². The van der Waals surface area contributed by atoms with E-state index in [4.69, 9.17) is 0 Å². The number of hydrogen-bond donors (Lipinski definition) is 1. The number of nitrogens with zero attached hydrogens (tertiary/aromatic N) is 3. The number of piperidine rings is 1. The highest BCUT2D eigenvalue weighted by Crippen LogP contribution is 2.40. The van der Waals surface area contributed by atoms with Gasteiger partial charge in [0.15, 0.2) is 5.82 Å². The highest BCUT2D eigenvalue weighted by Gasteiger charge is 2.38. The number of Topliss-reactive ketones (excluding diaryl/α,β-unsaturated/α-hetero) is 1. The maximum Gasteiger partial charge on any atom is 0.151 e. The lowest BCUT2D eigenvalue weighted by atomic mass is 9.83. The van der Waals surface area contributed by atoms with E-state index in [2.05, 4.69) is 72.9 Å². The zero-order valence-electron chi connectivity index (χ0n) is 20.6. The van der Waals surface area contributed by atoms with Gasteiger partial charge in [0.1, 0.15) is 11.6 Å². The first-order chi connectivity index (χ1) is 15.2. The molecule has 1 aromatic carbocycles. The van der Waals surface area contributed by atoms with E-state index in [0.717, 1.165) is 49.4 Å². The molecule has 5 heteroatoms. The molecule has 2 aliphatic rings. The van der Waals surface area contributed by atoms with Crippen LogP contribution in [0.1, 0.15) is 99.7 Å². The average Bonchev–Trinajstić information content (AvgIpc) is 3.49. The van der Waals surface area contributed by atoms with E-state index < -0.39 is 0 Å². The first-order valence-electron chi connectivity index (χ1n) is 12.5. The lowest BCUT2D eigenvalue weighted by Crippen LogP contribution is -2.40. The first-order valence-corrected chi connectivity index (χ1v) is 12.5. The number of aryl methyl sites for hydroxylation is 3. The Morgan fingerprint density at radius 1 is 1.16 bits per heavy atom. The van der Waals surface area contributed by atoms with Gasteiger partial charge in [-0.15, -0.1) is 10.2 Å². The Balaban J connectivity index is 1.53. The van der Waals surface area contributed by atoms with Crippen LogP contribution in [-0.2, 0) is 17.6 Å². The van der Waals surface area contributed by atoms with Crippen molar-refractivity contribution in [3.05, 3.63) is 46.5 Å². The molecule has 1 aliphatic heterocycles. The third kappa shape index (κ3) is 5.48. The molecule has 1 aromatic heterocycles. The van der Waals surface area contributed by atoms with Gasteiger partial charge in [-0.1, -0.05) is 44.5 Å². The second-order valence-corrected chi connectivity index (χ2v) is 11.2. The maximum absolute atomic E-state index is 13.5. The summed E-state index contributed by atoms with van der Waals surface area (Å²) >= 11 is 0. The Hall–Kier alpha value is -2.01. The molecule has 2 aromatic rings. The fraction of sp³-hybridized carbons (Fsp3) is 0.667. The Bertz CT molecular complexity index is 951. The summed E-state index contributed by atoms with van der Waals surface area (Å²) in [4.78, 5) is 13.5. The minimum Gasteiger partial charge on any atom is -0.311 e. The van der Waals surface area contributed by atoms with Crippen molar-refractivity contribution in [1.29, 1.82) is 0 Å². The minimum absolute atomic E-state index is 0.0218. The van der Waals surface area contributed by atoms with Crippen molar-refractivity contribution in [1.82, 2.24) is 20.1 Å². The fourth-order valence-electron chi connectivity index (χ4n) is 5.10. The molecule has 2 atom stereocenters. The van der Waals surface area contributed by atoms with Crippen LogP contribution in [0, 0.1) is 25.2 Å². The molecule has 5 nitrogen and oxygen atoms in total. The number of aromatic nitrogens is 3. The molecule has 174 valence electrons. The predicted octanol–water partition coefficient (Wildman–Crippen LogP) is 5.45. The molecule has 0 bridgehead atoms. The summed E-state index contributed by atoms with van der Waals surface area (Å²) in [5.74, 6) is 2.40. The van der Waals surface area contributed by atoms with Gasteiger partial charge in [0.05, 0.1) is 6.04 Å². The number of nitrogens with one attached hydrogen (secondary N) is 1. The normalized spacial score (nSPS) is 21.7. The van der Waals surface area contributed by atoms with Gasteiger partial charge in [-0.3, -0.25) is 4.79 Å². The topological polar surface area (TPSA) is 59.8 Å².